The van der Waals surface area contributed by atoms with Crippen molar-refractivity contribution >= 4 is 27.3 Å². The summed E-state index contributed by atoms with van der Waals surface area (Å²) < 4.78 is 27.0. The molecule has 3 rings (SSSR count). The molecule has 0 aliphatic carbocycles. The van der Waals surface area contributed by atoms with Crippen LogP contribution in [0.1, 0.15) is 19.4 Å². The molecule has 0 aromatic heterocycles. The second kappa shape index (κ2) is 5.94. The first-order valence-corrected chi connectivity index (χ1v) is 9.23. The van der Waals surface area contributed by atoms with Crippen LogP contribution >= 0.6 is 0 Å². The van der Waals surface area contributed by atoms with Crippen molar-refractivity contribution in [3.63, 3.8) is 0 Å². The van der Waals surface area contributed by atoms with E-state index in [1.807, 2.05) is 13.0 Å². The molecule has 0 fully saturated rings. The molecule has 1 aliphatic heterocycles. The molecule has 0 saturated carbocycles. The molecule has 1 atom stereocenters. The fourth-order valence-corrected chi connectivity index (χ4v) is 4.43. The Balaban J connectivity index is 2.00. The number of carbonyl (C=O) groups is 1. The van der Waals surface area contributed by atoms with E-state index in [0.29, 0.717) is 12.1 Å². The number of sulfonamides is 1. The molecule has 2 aromatic carbocycles. The van der Waals surface area contributed by atoms with E-state index in [2.05, 4.69) is 0 Å². The van der Waals surface area contributed by atoms with Crippen molar-refractivity contribution < 1.29 is 13.2 Å². The van der Waals surface area contributed by atoms with Gasteiger partial charge >= 0.3 is 0 Å². The summed E-state index contributed by atoms with van der Waals surface area (Å²) in [6.45, 7) is 3.49. The molecular formula is C18H20N2O3S. The molecule has 1 amide bonds. The van der Waals surface area contributed by atoms with Crippen molar-refractivity contribution in [1.82, 2.24) is 0 Å². The smallest absolute Gasteiger partial charge is 0.264 e. The molecule has 0 N–H and O–H groups in total. The molecule has 0 saturated heterocycles. The zero-order valence-electron chi connectivity index (χ0n) is 13.9. The van der Waals surface area contributed by atoms with Crippen molar-refractivity contribution in [2.75, 3.05) is 16.3 Å². The Morgan fingerprint density at radius 1 is 1.17 bits per heavy atom. The van der Waals surface area contributed by atoms with Gasteiger partial charge in [-0.05, 0) is 49.2 Å². The third kappa shape index (κ3) is 2.67. The molecule has 1 unspecified atom stereocenters. The van der Waals surface area contributed by atoms with Crippen LogP contribution in [0.15, 0.2) is 53.4 Å². The quantitative estimate of drug-likeness (QED) is 0.860. The highest BCUT2D eigenvalue weighted by molar-refractivity contribution is 7.92. The average molecular weight is 344 g/mol. The summed E-state index contributed by atoms with van der Waals surface area (Å²) in [6.07, 6.45) is 0.660. The van der Waals surface area contributed by atoms with Gasteiger partial charge in [-0.15, -0.1) is 0 Å². The number of fused-ring (bicyclic) bond motifs is 1. The lowest BCUT2D eigenvalue weighted by molar-refractivity contribution is -0.116. The average Bonchev–Trinajstić information content (AvgIpc) is 2.89. The van der Waals surface area contributed by atoms with Gasteiger partial charge in [-0.1, -0.05) is 18.2 Å². The van der Waals surface area contributed by atoms with E-state index in [0.717, 1.165) is 11.3 Å². The van der Waals surface area contributed by atoms with Gasteiger partial charge in [0.2, 0.25) is 5.91 Å². The predicted molar refractivity (Wildman–Crippen MR) is 94.8 cm³/mol. The largest absolute Gasteiger partial charge is 0.309 e. The molecule has 1 heterocycles. The summed E-state index contributed by atoms with van der Waals surface area (Å²) in [5, 5.41) is 0. The van der Waals surface area contributed by atoms with Gasteiger partial charge in [-0.25, -0.2) is 8.42 Å². The molecule has 126 valence electrons. The summed E-state index contributed by atoms with van der Waals surface area (Å²) >= 11 is 0. The van der Waals surface area contributed by atoms with Crippen LogP contribution in [-0.4, -0.2) is 27.4 Å². The molecule has 24 heavy (non-hydrogen) atoms. The highest BCUT2D eigenvalue weighted by atomic mass is 32.2. The van der Waals surface area contributed by atoms with Gasteiger partial charge in [0, 0.05) is 25.7 Å². The van der Waals surface area contributed by atoms with Crippen molar-refractivity contribution in [3.05, 3.63) is 54.1 Å². The Bertz CT molecular complexity index is 878. The maximum absolute atomic E-state index is 12.9. The number of nitrogens with zero attached hydrogens (tertiary/aromatic N) is 2. The SMILES string of the molecule is CC(=O)N1c2ccc(S(=O)(=O)N(C)c3ccccc3)cc2CC1C. The summed E-state index contributed by atoms with van der Waals surface area (Å²) in [4.78, 5) is 13.7. The van der Waals surface area contributed by atoms with Crippen LogP contribution in [0.25, 0.3) is 0 Å². The zero-order valence-corrected chi connectivity index (χ0v) is 14.7. The van der Waals surface area contributed by atoms with Crippen LogP contribution in [-0.2, 0) is 21.2 Å². The van der Waals surface area contributed by atoms with Gasteiger partial charge < -0.3 is 4.90 Å². The van der Waals surface area contributed by atoms with Gasteiger partial charge in [0.05, 0.1) is 10.6 Å². The number of amides is 1. The number of para-hydroxylation sites is 1. The van der Waals surface area contributed by atoms with Gasteiger partial charge in [0.1, 0.15) is 0 Å². The molecule has 1 aliphatic rings. The van der Waals surface area contributed by atoms with Crippen molar-refractivity contribution in [2.45, 2.75) is 31.2 Å². The predicted octanol–water partition coefficient (Wildman–Crippen LogP) is 2.81. The molecule has 0 spiro atoms. The lowest BCUT2D eigenvalue weighted by Gasteiger charge is -2.21. The Labute approximate surface area is 142 Å². The van der Waals surface area contributed by atoms with E-state index in [-0.39, 0.29) is 16.8 Å². The summed E-state index contributed by atoms with van der Waals surface area (Å²) in [5.74, 6) is -0.0294. The van der Waals surface area contributed by atoms with Gasteiger partial charge in [-0.3, -0.25) is 9.10 Å². The summed E-state index contributed by atoms with van der Waals surface area (Å²) in [5.41, 5.74) is 2.30. The maximum Gasteiger partial charge on any atom is 0.264 e. The van der Waals surface area contributed by atoms with Crippen molar-refractivity contribution in [3.8, 4) is 0 Å². The first kappa shape index (κ1) is 16.5. The van der Waals surface area contributed by atoms with Crippen molar-refractivity contribution in [2.24, 2.45) is 0 Å². The van der Waals surface area contributed by atoms with Crippen LogP contribution in [0.5, 0.6) is 0 Å². The Kier molecular flexibility index (Phi) is 4.09. The zero-order chi connectivity index (χ0) is 17.5. The van der Waals surface area contributed by atoms with Gasteiger partial charge in [0.25, 0.3) is 10.0 Å². The van der Waals surface area contributed by atoms with E-state index in [1.54, 1.807) is 54.4 Å². The minimum atomic E-state index is -3.64. The topological polar surface area (TPSA) is 57.7 Å². The molecule has 2 aromatic rings. The number of hydrogen-bond acceptors (Lipinski definition) is 3. The van der Waals surface area contributed by atoms with Gasteiger partial charge in [-0.2, -0.15) is 0 Å². The van der Waals surface area contributed by atoms with E-state index in [4.69, 9.17) is 0 Å². The third-order valence-corrected chi connectivity index (χ3v) is 6.17. The molecular weight excluding hydrogens is 324 g/mol. The fraction of sp³-hybridized carbons (Fsp3) is 0.278. The monoisotopic (exact) mass is 344 g/mol. The second-order valence-corrected chi connectivity index (χ2v) is 8.01. The summed E-state index contributed by atoms with van der Waals surface area (Å²) in [6, 6.07) is 14.0. The highest BCUT2D eigenvalue weighted by Crippen LogP contribution is 2.34. The molecule has 6 heteroatoms. The highest BCUT2D eigenvalue weighted by Gasteiger charge is 2.31. The number of hydrogen-bond donors (Lipinski definition) is 0. The first-order valence-electron chi connectivity index (χ1n) is 7.79. The number of carbonyl (C=O) groups excluding carboxylic acids is 1. The lowest BCUT2D eigenvalue weighted by Crippen LogP contribution is -2.33. The minimum absolute atomic E-state index is 0.0294. The first-order chi connectivity index (χ1) is 11.3. The Morgan fingerprint density at radius 2 is 1.83 bits per heavy atom. The van der Waals surface area contributed by atoms with Crippen LogP contribution in [0, 0.1) is 0 Å². The summed E-state index contributed by atoms with van der Waals surface area (Å²) in [7, 11) is -2.09. The lowest BCUT2D eigenvalue weighted by atomic mass is 10.1. The van der Waals surface area contributed by atoms with Gasteiger partial charge in [0.15, 0.2) is 0 Å². The maximum atomic E-state index is 12.9. The van der Waals surface area contributed by atoms with Crippen LogP contribution in [0.2, 0.25) is 0 Å². The molecule has 0 bridgehead atoms. The molecule has 0 radical (unpaired) electrons. The Hall–Kier alpha value is -2.34. The normalized spacial score (nSPS) is 16.8. The minimum Gasteiger partial charge on any atom is -0.309 e. The van der Waals surface area contributed by atoms with E-state index < -0.39 is 10.0 Å². The van der Waals surface area contributed by atoms with Crippen LogP contribution in [0.3, 0.4) is 0 Å². The van der Waals surface area contributed by atoms with Crippen molar-refractivity contribution in [1.29, 1.82) is 0 Å². The van der Waals surface area contributed by atoms with Crippen LogP contribution < -0.4 is 9.21 Å². The fourth-order valence-electron chi connectivity index (χ4n) is 3.18. The standard InChI is InChI=1S/C18H20N2O3S/c1-13-11-15-12-17(9-10-18(15)20(13)14(2)21)24(22,23)19(3)16-7-5-4-6-8-16/h4-10,12-13H,11H2,1-3H3. The van der Waals surface area contributed by atoms with E-state index in [1.165, 1.54) is 11.2 Å². The second-order valence-electron chi connectivity index (χ2n) is 6.04. The number of rotatable bonds is 3. The Morgan fingerprint density at radius 3 is 2.46 bits per heavy atom. The number of benzene rings is 2. The van der Waals surface area contributed by atoms with E-state index in [9.17, 15) is 13.2 Å². The van der Waals surface area contributed by atoms with E-state index >= 15 is 0 Å². The molecule has 5 nitrogen and oxygen atoms in total. The number of anilines is 2. The third-order valence-electron chi connectivity index (χ3n) is 4.38. The van der Waals surface area contributed by atoms with Crippen LogP contribution in [0.4, 0.5) is 11.4 Å².